The minimum Gasteiger partial charge on any atom is -0.496 e. The fourth-order valence-electron chi connectivity index (χ4n) is 4.78. The first-order valence-corrected chi connectivity index (χ1v) is 15.8. The molecule has 1 saturated heterocycles. The highest BCUT2D eigenvalue weighted by molar-refractivity contribution is 7.99. The Morgan fingerprint density at radius 3 is 2.34 bits per heavy atom. The van der Waals surface area contributed by atoms with Crippen LogP contribution in [0.5, 0.6) is 5.75 Å². The third kappa shape index (κ3) is 6.94. The monoisotopic (exact) mass is 591 g/mol. The summed E-state index contributed by atoms with van der Waals surface area (Å²) < 4.78 is 47.2. The summed E-state index contributed by atoms with van der Waals surface area (Å²) in [5.41, 5.74) is 2.93. The highest BCUT2D eigenvalue weighted by Gasteiger charge is 2.38. The van der Waals surface area contributed by atoms with E-state index < -0.39 is 16.3 Å². The smallest absolute Gasteiger partial charge is 0.261 e. The van der Waals surface area contributed by atoms with Gasteiger partial charge in [0.25, 0.3) is 10.0 Å². The first-order valence-electron chi connectivity index (χ1n) is 13.3. The van der Waals surface area contributed by atoms with Crippen LogP contribution in [0.4, 0.5) is 5.69 Å². The third-order valence-corrected chi connectivity index (χ3v) is 9.60. The predicted molar refractivity (Wildman–Crippen MR) is 160 cm³/mol. The Balaban J connectivity index is 1.41. The topological polar surface area (TPSA) is 94.1 Å². The van der Waals surface area contributed by atoms with Gasteiger partial charge in [0.2, 0.25) is 0 Å². The average molecular weight is 592 g/mol. The van der Waals surface area contributed by atoms with Gasteiger partial charge in [0, 0.05) is 27.8 Å². The summed E-state index contributed by atoms with van der Waals surface area (Å²) in [6.07, 6.45) is -1.19. The second kappa shape index (κ2) is 13.1. The Labute approximate surface area is 245 Å². The summed E-state index contributed by atoms with van der Waals surface area (Å²) in [5.74, 6) is 1.48. The second-order valence-electron chi connectivity index (χ2n) is 9.83. The number of aliphatic hydroxyl groups is 1. The van der Waals surface area contributed by atoms with Crippen LogP contribution in [-0.4, -0.2) is 32.5 Å². The zero-order valence-electron chi connectivity index (χ0n) is 22.8. The Hall–Kier alpha value is -3.34. The number of rotatable bonds is 10. The number of thioether (sulfide) groups is 1. The molecule has 7 nitrogen and oxygen atoms in total. The predicted octanol–water partition coefficient (Wildman–Crippen LogP) is 6.57. The molecule has 0 amide bonds. The molecule has 4 aromatic carbocycles. The number of nitrogens with one attached hydrogen (secondary N) is 1. The molecular formula is C32H33NO6S2. The maximum Gasteiger partial charge on any atom is 0.261 e. The summed E-state index contributed by atoms with van der Waals surface area (Å²) in [4.78, 5) is 1.21. The van der Waals surface area contributed by atoms with E-state index in [1.165, 1.54) is 0 Å². The van der Waals surface area contributed by atoms with Gasteiger partial charge in [-0.3, -0.25) is 4.72 Å². The van der Waals surface area contributed by atoms with Crippen LogP contribution in [0.25, 0.3) is 0 Å². The number of sulfonamides is 1. The second-order valence-corrected chi connectivity index (χ2v) is 12.6. The molecule has 0 spiro atoms. The molecule has 0 aromatic heterocycles. The van der Waals surface area contributed by atoms with Gasteiger partial charge in [0.05, 0.1) is 30.8 Å². The molecule has 0 saturated carbocycles. The van der Waals surface area contributed by atoms with E-state index in [0.717, 1.165) is 21.8 Å². The summed E-state index contributed by atoms with van der Waals surface area (Å²) >= 11 is 1.66. The van der Waals surface area contributed by atoms with Gasteiger partial charge in [0.1, 0.15) is 5.75 Å². The summed E-state index contributed by atoms with van der Waals surface area (Å²) in [5, 5.41) is 9.51. The van der Waals surface area contributed by atoms with E-state index >= 15 is 0 Å². The van der Waals surface area contributed by atoms with Crippen molar-refractivity contribution in [3.63, 3.8) is 0 Å². The van der Waals surface area contributed by atoms with Crippen LogP contribution < -0.4 is 9.46 Å². The van der Waals surface area contributed by atoms with Crippen LogP contribution in [0.3, 0.4) is 0 Å². The fraction of sp³-hybridized carbons (Fsp3) is 0.250. The maximum absolute atomic E-state index is 12.9. The van der Waals surface area contributed by atoms with Crippen molar-refractivity contribution in [3.8, 4) is 5.75 Å². The Morgan fingerprint density at radius 1 is 0.878 bits per heavy atom. The quantitative estimate of drug-likeness (QED) is 0.201. The van der Waals surface area contributed by atoms with Gasteiger partial charge in [-0.2, -0.15) is 0 Å². The number of para-hydroxylation sites is 1. The van der Waals surface area contributed by atoms with Crippen molar-refractivity contribution in [2.75, 3.05) is 17.6 Å². The van der Waals surface area contributed by atoms with Gasteiger partial charge in [0.15, 0.2) is 6.29 Å². The molecule has 0 bridgehead atoms. The molecule has 41 heavy (non-hydrogen) atoms. The third-order valence-electron chi connectivity index (χ3n) is 7.06. The highest BCUT2D eigenvalue weighted by atomic mass is 32.2. The van der Waals surface area contributed by atoms with Crippen molar-refractivity contribution in [1.82, 2.24) is 0 Å². The summed E-state index contributed by atoms with van der Waals surface area (Å²) in [6.45, 7) is 2.08. The molecule has 1 aliphatic heterocycles. The van der Waals surface area contributed by atoms with E-state index in [-0.39, 0.29) is 29.6 Å². The Kier molecular flexibility index (Phi) is 9.32. The van der Waals surface area contributed by atoms with Crippen LogP contribution in [-0.2, 0) is 26.1 Å². The summed E-state index contributed by atoms with van der Waals surface area (Å²) in [7, 11) is -2.09. The average Bonchev–Trinajstić information content (AvgIpc) is 3.01. The summed E-state index contributed by atoms with van der Waals surface area (Å²) in [6, 6.07) is 31.0. The first-order chi connectivity index (χ1) is 19.9. The van der Waals surface area contributed by atoms with E-state index in [2.05, 4.69) is 11.6 Å². The minimum absolute atomic E-state index is 0.00759. The van der Waals surface area contributed by atoms with Crippen molar-refractivity contribution in [2.24, 2.45) is 5.92 Å². The Bertz CT molecular complexity index is 1550. The zero-order valence-corrected chi connectivity index (χ0v) is 24.5. The van der Waals surface area contributed by atoms with E-state index in [4.69, 9.17) is 14.2 Å². The fourth-order valence-corrected chi connectivity index (χ4v) is 7.05. The van der Waals surface area contributed by atoms with E-state index in [1.807, 2.05) is 54.6 Å². The zero-order chi connectivity index (χ0) is 28.8. The van der Waals surface area contributed by atoms with E-state index in [1.54, 1.807) is 67.4 Å². The molecule has 4 atom stereocenters. The number of hydrogen-bond donors (Lipinski definition) is 2. The van der Waals surface area contributed by atoms with Crippen LogP contribution >= 0.6 is 11.8 Å². The van der Waals surface area contributed by atoms with E-state index in [9.17, 15) is 13.5 Å². The van der Waals surface area contributed by atoms with Gasteiger partial charge in [-0.15, -0.1) is 11.8 Å². The van der Waals surface area contributed by atoms with Crippen molar-refractivity contribution in [2.45, 2.75) is 41.8 Å². The SMILES string of the molecule is COc1ccccc1SCC1OC(c2cccc(NS(=O)(=O)c3ccccc3)c2)OC(c2ccc(CO)cc2)C1C. The molecular weight excluding hydrogens is 558 g/mol. The van der Waals surface area contributed by atoms with Gasteiger partial charge in [-0.25, -0.2) is 8.42 Å². The molecule has 5 rings (SSSR count). The highest BCUT2D eigenvalue weighted by Crippen LogP contribution is 2.44. The number of aliphatic hydroxyl groups excluding tert-OH is 1. The number of anilines is 1. The lowest BCUT2D eigenvalue weighted by Crippen LogP contribution is -2.38. The molecule has 9 heteroatoms. The first kappa shape index (κ1) is 29.2. The molecule has 4 aromatic rings. The van der Waals surface area contributed by atoms with Crippen molar-refractivity contribution in [1.29, 1.82) is 0 Å². The van der Waals surface area contributed by atoms with Crippen molar-refractivity contribution >= 4 is 27.5 Å². The molecule has 1 aliphatic rings. The van der Waals surface area contributed by atoms with E-state index in [0.29, 0.717) is 17.0 Å². The Morgan fingerprint density at radius 2 is 1.61 bits per heavy atom. The van der Waals surface area contributed by atoms with Crippen molar-refractivity contribution in [3.05, 3.63) is 120 Å². The van der Waals surface area contributed by atoms with Gasteiger partial charge < -0.3 is 19.3 Å². The van der Waals surface area contributed by atoms with Crippen LogP contribution in [0.1, 0.15) is 36.0 Å². The van der Waals surface area contributed by atoms with Crippen LogP contribution in [0.15, 0.2) is 113 Å². The minimum atomic E-state index is -3.75. The number of hydrogen-bond acceptors (Lipinski definition) is 7. The normalized spacial score (nSPS) is 20.9. The molecule has 0 radical (unpaired) electrons. The maximum atomic E-state index is 12.9. The number of methoxy groups -OCH3 is 1. The van der Waals surface area contributed by atoms with Gasteiger partial charge in [-0.05, 0) is 47.5 Å². The lowest BCUT2D eigenvalue weighted by molar-refractivity contribution is -0.268. The molecule has 4 unspecified atom stereocenters. The van der Waals surface area contributed by atoms with Crippen molar-refractivity contribution < 1.29 is 27.7 Å². The largest absolute Gasteiger partial charge is 0.496 e. The lowest BCUT2D eigenvalue weighted by Gasteiger charge is -2.41. The van der Waals surface area contributed by atoms with Gasteiger partial charge >= 0.3 is 0 Å². The van der Waals surface area contributed by atoms with Crippen LogP contribution in [0, 0.1) is 5.92 Å². The van der Waals surface area contributed by atoms with Gasteiger partial charge in [-0.1, -0.05) is 73.7 Å². The molecule has 214 valence electrons. The standard InChI is InChI=1S/C32H33NO6S2/c1-22-29(21-40-30-14-7-6-13-28(30)37-2)38-32(39-31(22)24-17-15-23(20-34)16-18-24)25-9-8-10-26(19-25)33-41(35,36)27-11-4-3-5-12-27/h3-19,22,29,31-34H,20-21H2,1-2H3. The lowest BCUT2D eigenvalue weighted by atomic mass is 9.91. The van der Waals surface area contributed by atoms with Crippen LogP contribution in [0.2, 0.25) is 0 Å². The molecule has 1 fully saturated rings. The number of benzene rings is 4. The molecule has 2 N–H and O–H groups in total. The molecule has 1 heterocycles. The number of ether oxygens (including phenoxy) is 3. The molecule has 0 aliphatic carbocycles.